The molecule has 0 aliphatic rings. The van der Waals surface area contributed by atoms with Gasteiger partial charge in [0, 0.05) is 16.5 Å². The Labute approximate surface area is 124 Å². The van der Waals surface area contributed by atoms with E-state index < -0.39 is 0 Å². The lowest BCUT2D eigenvalue weighted by Crippen LogP contribution is -2.16. The van der Waals surface area contributed by atoms with Gasteiger partial charge in [0.05, 0.1) is 0 Å². The molecule has 0 aromatic heterocycles. The van der Waals surface area contributed by atoms with E-state index in [1.165, 1.54) is 16.0 Å². The van der Waals surface area contributed by atoms with Crippen LogP contribution in [-0.4, -0.2) is 12.8 Å². The minimum atomic E-state index is 0.797. The first-order chi connectivity index (χ1) is 9.28. The Hall–Kier alpha value is -0.960. The molecule has 2 aromatic rings. The summed E-state index contributed by atoms with van der Waals surface area (Å²) in [5.74, 6) is 0. The van der Waals surface area contributed by atoms with Gasteiger partial charge < -0.3 is 5.32 Å². The van der Waals surface area contributed by atoms with Crippen LogP contribution in [0.4, 0.5) is 0 Å². The van der Waals surface area contributed by atoms with Crippen molar-refractivity contribution in [2.75, 3.05) is 12.8 Å². The SMILES string of the molecule is CSc1ccc(CNCCc2ccc(Cl)cc2)cc1. The van der Waals surface area contributed by atoms with E-state index in [0.717, 1.165) is 24.5 Å². The highest BCUT2D eigenvalue weighted by Gasteiger charge is 1.96. The molecule has 1 nitrogen and oxygen atoms in total. The molecule has 2 aromatic carbocycles. The Kier molecular flexibility index (Phi) is 5.77. The fraction of sp³-hybridized carbons (Fsp3) is 0.250. The fourth-order valence-corrected chi connectivity index (χ4v) is 2.39. The molecule has 0 saturated carbocycles. The Bertz CT molecular complexity index is 493. The van der Waals surface area contributed by atoms with Gasteiger partial charge in [-0.25, -0.2) is 0 Å². The van der Waals surface area contributed by atoms with Gasteiger partial charge >= 0.3 is 0 Å². The van der Waals surface area contributed by atoms with Gasteiger partial charge in [-0.2, -0.15) is 0 Å². The highest BCUT2D eigenvalue weighted by Crippen LogP contribution is 2.14. The summed E-state index contributed by atoms with van der Waals surface area (Å²) in [5, 5.41) is 4.26. The Balaban J connectivity index is 1.72. The van der Waals surface area contributed by atoms with Crippen LogP contribution in [0.3, 0.4) is 0 Å². The highest BCUT2D eigenvalue weighted by molar-refractivity contribution is 7.98. The molecule has 0 aliphatic carbocycles. The average molecular weight is 292 g/mol. The summed E-state index contributed by atoms with van der Waals surface area (Å²) in [7, 11) is 0. The minimum Gasteiger partial charge on any atom is -0.312 e. The summed E-state index contributed by atoms with van der Waals surface area (Å²) in [6, 6.07) is 16.7. The maximum Gasteiger partial charge on any atom is 0.0406 e. The summed E-state index contributed by atoms with van der Waals surface area (Å²) in [6.07, 6.45) is 3.12. The summed E-state index contributed by atoms with van der Waals surface area (Å²) >= 11 is 7.63. The van der Waals surface area contributed by atoms with Crippen LogP contribution in [0, 0.1) is 0 Å². The predicted molar refractivity (Wildman–Crippen MR) is 85.1 cm³/mol. The Morgan fingerprint density at radius 1 is 0.947 bits per heavy atom. The molecule has 0 aliphatic heterocycles. The van der Waals surface area contributed by atoms with Gasteiger partial charge in [0.1, 0.15) is 0 Å². The van der Waals surface area contributed by atoms with Crippen molar-refractivity contribution in [1.29, 1.82) is 0 Å². The van der Waals surface area contributed by atoms with Crippen LogP contribution in [0.1, 0.15) is 11.1 Å². The van der Waals surface area contributed by atoms with E-state index in [1.807, 2.05) is 12.1 Å². The molecule has 0 bridgehead atoms. The van der Waals surface area contributed by atoms with Gasteiger partial charge in [-0.1, -0.05) is 35.9 Å². The Morgan fingerprint density at radius 3 is 2.21 bits per heavy atom. The normalized spacial score (nSPS) is 10.6. The zero-order valence-corrected chi connectivity index (χ0v) is 12.6. The van der Waals surface area contributed by atoms with Crippen molar-refractivity contribution >= 4 is 23.4 Å². The van der Waals surface area contributed by atoms with Crippen LogP contribution in [0.25, 0.3) is 0 Å². The molecule has 0 atom stereocenters. The number of hydrogen-bond acceptors (Lipinski definition) is 2. The van der Waals surface area contributed by atoms with Gasteiger partial charge in [-0.3, -0.25) is 0 Å². The maximum atomic E-state index is 5.86. The lowest BCUT2D eigenvalue weighted by Gasteiger charge is -2.06. The van der Waals surface area contributed by atoms with E-state index in [4.69, 9.17) is 11.6 Å². The van der Waals surface area contributed by atoms with Crippen molar-refractivity contribution in [2.45, 2.75) is 17.9 Å². The standard InChI is InChI=1S/C16H18ClNS/c1-19-16-8-4-14(5-9-16)12-18-11-10-13-2-6-15(17)7-3-13/h2-9,18H,10-12H2,1H3. The van der Waals surface area contributed by atoms with Crippen molar-refractivity contribution in [1.82, 2.24) is 5.32 Å². The number of benzene rings is 2. The van der Waals surface area contributed by atoms with Crippen LogP contribution in [0.15, 0.2) is 53.4 Å². The summed E-state index contributed by atoms with van der Waals surface area (Å²) in [5.41, 5.74) is 2.64. The summed E-state index contributed by atoms with van der Waals surface area (Å²) in [6.45, 7) is 1.90. The molecule has 0 unspecified atom stereocenters. The summed E-state index contributed by atoms with van der Waals surface area (Å²) in [4.78, 5) is 1.31. The molecule has 0 fully saturated rings. The molecule has 1 N–H and O–H groups in total. The van der Waals surface area contributed by atoms with Crippen LogP contribution in [0.5, 0.6) is 0 Å². The van der Waals surface area contributed by atoms with E-state index in [9.17, 15) is 0 Å². The van der Waals surface area contributed by atoms with Gasteiger partial charge in [-0.15, -0.1) is 11.8 Å². The smallest absolute Gasteiger partial charge is 0.0406 e. The number of rotatable bonds is 6. The zero-order chi connectivity index (χ0) is 13.5. The van der Waals surface area contributed by atoms with E-state index in [-0.39, 0.29) is 0 Å². The van der Waals surface area contributed by atoms with Crippen LogP contribution < -0.4 is 5.32 Å². The second kappa shape index (κ2) is 7.59. The third kappa shape index (κ3) is 4.90. The van der Waals surface area contributed by atoms with E-state index in [1.54, 1.807) is 11.8 Å². The van der Waals surface area contributed by atoms with E-state index in [0.29, 0.717) is 0 Å². The molecule has 0 radical (unpaired) electrons. The number of hydrogen-bond donors (Lipinski definition) is 1. The first-order valence-corrected chi connectivity index (χ1v) is 7.96. The second-order valence-electron chi connectivity index (χ2n) is 4.40. The van der Waals surface area contributed by atoms with Crippen molar-refractivity contribution in [2.24, 2.45) is 0 Å². The predicted octanol–water partition coefficient (Wildman–Crippen LogP) is 4.39. The molecular formula is C16H18ClNS. The first-order valence-electron chi connectivity index (χ1n) is 6.36. The number of thioether (sulfide) groups is 1. The highest BCUT2D eigenvalue weighted by atomic mass is 35.5. The van der Waals surface area contributed by atoms with E-state index >= 15 is 0 Å². The zero-order valence-electron chi connectivity index (χ0n) is 11.0. The molecule has 0 saturated heterocycles. The van der Waals surface area contributed by atoms with Crippen LogP contribution in [-0.2, 0) is 13.0 Å². The quantitative estimate of drug-likeness (QED) is 0.625. The fourth-order valence-electron chi connectivity index (χ4n) is 1.86. The molecular weight excluding hydrogens is 274 g/mol. The van der Waals surface area contributed by atoms with Gasteiger partial charge in [0.25, 0.3) is 0 Å². The van der Waals surface area contributed by atoms with Crippen molar-refractivity contribution in [3.8, 4) is 0 Å². The van der Waals surface area contributed by atoms with Crippen molar-refractivity contribution < 1.29 is 0 Å². The molecule has 100 valence electrons. The van der Waals surface area contributed by atoms with Crippen molar-refractivity contribution in [3.63, 3.8) is 0 Å². The lowest BCUT2D eigenvalue weighted by atomic mass is 10.1. The molecule has 0 spiro atoms. The molecule has 2 rings (SSSR count). The van der Waals surface area contributed by atoms with Crippen molar-refractivity contribution in [3.05, 3.63) is 64.7 Å². The van der Waals surface area contributed by atoms with Gasteiger partial charge in [0.15, 0.2) is 0 Å². The molecule has 0 heterocycles. The second-order valence-corrected chi connectivity index (χ2v) is 5.72. The average Bonchev–Trinajstić information content (AvgIpc) is 2.46. The van der Waals surface area contributed by atoms with Gasteiger partial charge in [-0.05, 0) is 54.6 Å². The molecule has 0 amide bonds. The van der Waals surface area contributed by atoms with Gasteiger partial charge in [0.2, 0.25) is 0 Å². The number of nitrogens with one attached hydrogen (secondary N) is 1. The van der Waals surface area contributed by atoms with Crippen LogP contribution in [0.2, 0.25) is 5.02 Å². The minimum absolute atomic E-state index is 0.797. The van der Waals surface area contributed by atoms with Crippen LogP contribution >= 0.6 is 23.4 Å². The number of halogens is 1. The first kappa shape index (κ1) is 14.4. The molecule has 19 heavy (non-hydrogen) atoms. The third-order valence-corrected chi connectivity index (χ3v) is 3.99. The summed E-state index contributed by atoms with van der Waals surface area (Å²) < 4.78 is 0. The third-order valence-electron chi connectivity index (χ3n) is 2.99. The maximum absolute atomic E-state index is 5.86. The Morgan fingerprint density at radius 2 is 1.58 bits per heavy atom. The largest absolute Gasteiger partial charge is 0.312 e. The monoisotopic (exact) mass is 291 g/mol. The molecule has 3 heteroatoms. The van der Waals surface area contributed by atoms with E-state index in [2.05, 4.69) is 48.0 Å². The topological polar surface area (TPSA) is 12.0 Å². The lowest BCUT2D eigenvalue weighted by molar-refractivity contribution is 0.686.